The first kappa shape index (κ1) is 19.2. The molecule has 136 valence electrons. The average Bonchev–Trinajstić information content (AvgIpc) is 2.76. The Labute approximate surface area is 149 Å². The summed E-state index contributed by atoms with van der Waals surface area (Å²) in [6, 6.07) is 9.72. The molecule has 1 aromatic carbocycles. The predicted molar refractivity (Wildman–Crippen MR) is 94.7 cm³/mol. The standard InChI is InChI=1S/C20H27NO4/c1-4-8-18(23)25-20(13-15(2)3)14-17(22)21(19(20)24)12-11-16-9-6-5-7-10-16/h5-7,9-10,15H,4,8,11-14H2,1-3H3. The van der Waals surface area contributed by atoms with Gasteiger partial charge in [0.25, 0.3) is 5.91 Å². The van der Waals surface area contributed by atoms with E-state index in [1.54, 1.807) is 0 Å². The zero-order valence-electron chi connectivity index (χ0n) is 15.3. The van der Waals surface area contributed by atoms with Crippen LogP contribution in [0.4, 0.5) is 0 Å². The van der Waals surface area contributed by atoms with Crippen molar-refractivity contribution in [1.82, 2.24) is 4.90 Å². The summed E-state index contributed by atoms with van der Waals surface area (Å²) in [4.78, 5) is 38.7. The van der Waals surface area contributed by atoms with Gasteiger partial charge in [0.1, 0.15) is 0 Å². The molecule has 0 radical (unpaired) electrons. The number of carbonyl (C=O) groups is 3. The summed E-state index contributed by atoms with van der Waals surface area (Å²) < 4.78 is 5.56. The number of carbonyl (C=O) groups excluding carboxylic acids is 3. The van der Waals surface area contributed by atoms with E-state index in [1.807, 2.05) is 51.1 Å². The lowest BCUT2D eigenvalue weighted by Crippen LogP contribution is -2.45. The molecule has 1 aliphatic rings. The zero-order valence-corrected chi connectivity index (χ0v) is 15.3. The van der Waals surface area contributed by atoms with Gasteiger partial charge in [-0.25, -0.2) is 0 Å². The molecule has 5 nitrogen and oxygen atoms in total. The molecule has 1 heterocycles. The fraction of sp³-hybridized carbons (Fsp3) is 0.550. The van der Waals surface area contributed by atoms with Crippen LogP contribution in [0.2, 0.25) is 0 Å². The maximum atomic E-state index is 13.0. The molecule has 1 atom stereocenters. The van der Waals surface area contributed by atoms with Crippen LogP contribution in [-0.2, 0) is 25.5 Å². The first-order valence-electron chi connectivity index (χ1n) is 8.98. The van der Waals surface area contributed by atoms with Crippen LogP contribution in [0.5, 0.6) is 0 Å². The third-order valence-electron chi connectivity index (χ3n) is 4.34. The third kappa shape index (κ3) is 4.68. The van der Waals surface area contributed by atoms with Gasteiger partial charge in [-0.15, -0.1) is 0 Å². The zero-order chi connectivity index (χ0) is 18.4. The molecule has 25 heavy (non-hydrogen) atoms. The molecule has 1 saturated heterocycles. The van der Waals surface area contributed by atoms with Crippen molar-refractivity contribution >= 4 is 17.8 Å². The SMILES string of the molecule is CCCC(=O)OC1(CC(C)C)CC(=O)N(CCc2ccccc2)C1=O. The highest BCUT2D eigenvalue weighted by molar-refractivity contribution is 6.08. The Morgan fingerprint density at radius 1 is 1.24 bits per heavy atom. The second-order valence-electron chi connectivity index (χ2n) is 7.08. The number of esters is 1. The summed E-state index contributed by atoms with van der Waals surface area (Å²) in [6.45, 7) is 6.11. The van der Waals surface area contributed by atoms with Crippen molar-refractivity contribution in [2.75, 3.05) is 6.54 Å². The van der Waals surface area contributed by atoms with Crippen LogP contribution in [0.15, 0.2) is 30.3 Å². The van der Waals surface area contributed by atoms with Crippen LogP contribution in [0.3, 0.4) is 0 Å². The molecule has 0 saturated carbocycles. The number of likely N-dealkylation sites (tertiary alicyclic amines) is 1. The minimum Gasteiger partial charge on any atom is -0.448 e. The Balaban J connectivity index is 2.14. The monoisotopic (exact) mass is 345 g/mol. The number of nitrogens with zero attached hydrogens (tertiary/aromatic N) is 1. The minimum atomic E-state index is -1.33. The minimum absolute atomic E-state index is 0.0474. The van der Waals surface area contributed by atoms with Crippen molar-refractivity contribution in [3.8, 4) is 0 Å². The number of rotatable bonds is 8. The summed E-state index contributed by atoms with van der Waals surface area (Å²) in [5.41, 5.74) is -0.263. The maximum Gasteiger partial charge on any atom is 0.306 e. The van der Waals surface area contributed by atoms with Gasteiger partial charge in [0.05, 0.1) is 6.42 Å². The van der Waals surface area contributed by atoms with Crippen molar-refractivity contribution in [2.24, 2.45) is 5.92 Å². The predicted octanol–water partition coefficient (Wildman–Crippen LogP) is 3.12. The highest BCUT2D eigenvalue weighted by Crippen LogP contribution is 2.34. The number of hydrogen-bond acceptors (Lipinski definition) is 4. The molecular formula is C20H27NO4. The van der Waals surface area contributed by atoms with Gasteiger partial charge < -0.3 is 4.74 Å². The van der Waals surface area contributed by atoms with Gasteiger partial charge in [-0.3, -0.25) is 19.3 Å². The van der Waals surface area contributed by atoms with Gasteiger partial charge in [0.15, 0.2) is 5.60 Å². The first-order chi connectivity index (χ1) is 11.9. The fourth-order valence-corrected chi connectivity index (χ4v) is 3.30. The fourth-order valence-electron chi connectivity index (χ4n) is 3.30. The van der Waals surface area contributed by atoms with Crippen LogP contribution in [0.25, 0.3) is 0 Å². The van der Waals surface area contributed by atoms with E-state index < -0.39 is 11.6 Å². The topological polar surface area (TPSA) is 63.7 Å². The second-order valence-corrected chi connectivity index (χ2v) is 7.08. The Morgan fingerprint density at radius 3 is 2.52 bits per heavy atom. The Hall–Kier alpha value is -2.17. The number of hydrogen-bond donors (Lipinski definition) is 0. The number of benzene rings is 1. The lowest BCUT2D eigenvalue weighted by Gasteiger charge is -2.28. The molecule has 1 aliphatic heterocycles. The number of imide groups is 1. The molecular weight excluding hydrogens is 318 g/mol. The van der Waals surface area contributed by atoms with Crippen LogP contribution in [-0.4, -0.2) is 34.8 Å². The van der Waals surface area contributed by atoms with Gasteiger partial charge >= 0.3 is 5.97 Å². The largest absolute Gasteiger partial charge is 0.448 e. The third-order valence-corrected chi connectivity index (χ3v) is 4.34. The Bertz CT molecular complexity index is 626. The summed E-state index contributed by atoms with van der Waals surface area (Å²) in [5.74, 6) is -0.896. The van der Waals surface area contributed by atoms with Gasteiger partial charge in [-0.1, -0.05) is 51.1 Å². The van der Waals surface area contributed by atoms with Crippen LogP contribution in [0.1, 0.15) is 52.0 Å². The van der Waals surface area contributed by atoms with Crippen molar-refractivity contribution < 1.29 is 19.1 Å². The van der Waals surface area contributed by atoms with Gasteiger partial charge in [0, 0.05) is 13.0 Å². The maximum absolute atomic E-state index is 13.0. The summed E-state index contributed by atoms with van der Waals surface area (Å²) >= 11 is 0. The first-order valence-corrected chi connectivity index (χ1v) is 8.98. The molecule has 2 rings (SSSR count). The van der Waals surface area contributed by atoms with Crippen LogP contribution >= 0.6 is 0 Å². The normalized spacial score (nSPS) is 20.4. The Morgan fingerprint density at radius 2 is 1.92 bits per heavy atom. The van der Waals surface area contributed by atoms with E-state index in [0.29, 0.717) is 25.8 Å². The smallest absolute Gasteiger partial charge is 0.306 e. The molecule has 5 heteroatoms. The lowest BCUT2D eigenvalue weighted by atomic mass is 9.90. The van der Waals surface area contributed by atoms with Crippen LogP contribution in [0, 0.1) is 5.92 Å². The molecule has 0 aromatic heterocycles. The van der Waals surface area contributed by atoms with E-state index in [-0.39, 0.29) is 30.6 Å². The molecule has 1 unspecified atom stereocenters. The molecule has 0 bridgehead atoms. The summed E-state index contributed by atoms with van der Waals surface area (Å²) in [7, 11) is 0. The Kier molecular flexibility index (Phi) is 6.34. The van der Waals surface area contributed by atoms with Crippen molar-refractivity contribution in [3.05, 3.63) is 35.9 Å². The number of amides is 2. The van der Waals surface area contributed by atoms with E-state index in [0.717, 1.165) is 5.56 Å². The molecule has 0 spiro atoms. The van der Waals surface area contributed by atoms with E-state index in [9.17, 15) is 14.4 Å². The highest BCUT2D eigenvalue weighted by atomic mass is 16.6. The second kappa shape index (κ2) is 8.28. The van der Waals surface area contributed by atoms with E-state index in [1.165, 1.54) is 4.90 Å². The van der Waals surface area contributed by atoms with Crippen molar-refractivity contribution in [1.29, 1.82) is 0 Å². The number of ether oxygens (including phenoxy) is 1. The van der Waals surface area contributed by atoms with E-state index in [2.05, 4.69) is 0 Å². The van der Waals surface area contributed by atoms with Gasteiger partial charge in [0.2, 0.25) is 5.91 Å². The average molecular weight is 345 g/mol. The summed E-state index contributed by atoms with van der Waals surface area (Å²) in [5, 5.41) is 0. The molecule has 0 N–H and O–H groups in total. The summed E-state index contributed by atoms with van der Waals surface area (Å²) in [6.07, 6.45) is 1.82. The van der Waals surface area contributed by atoms with Crippen molar-refractivity contribution in [3.63, 3.8) is 0 Å². The van der Waals surface area contributed by atoms with Gasteiger partial charge in [-0.05, 0) is 30.7 Å². The highest BCUT2D eigenvalue weighted by Gasteiger charge is 2.54. The van der Waals surface area contributed by atoms with Gasteiger partial charge in [-0.2, -0.15) is 0 Å². The molecule has 2 amide bonds. The lowest BCUT2D eigenvalue weighted by molar-refractivity contribution is -0.170. The molecule has 1 aromatic rings. The molecule has 1 fully saturated rings. The van der Waals surface area contributed by atoms with Crippen LogP contribution < -0.4 is 0 Å². The van der Waals surface area contributed by atoms with Crippen molar-refractivity contribution in [2.45, 2.75) is 58.5 Å². The van der Waals surface area contributed by atoms with E-state index >= 15 is 0 Å². The quantitative estimate of drug-likeness (QED) is 0.536. The molecule has 0 aliphatic carbocycles. The van der Waals surface area contributed by atoms with E-state index in [4.69, 9.17) is 4.74 Å².